The van der Waals surface area contributed by atoms with Gasteiger partial charge >= 0.3 is 0 Å². The Bertz CT molecular complexity index is 1030. The Morgan fingerprint density at radius 2 is 1.91 bits per heavy atom. The molecule has 2 aromatic carbocycles. The SMILES string of the molecule is COc1cccc([C@H]2[C@H](C(=O)NCCCN3CCOCC3)c3ccccc3C(=O)N2C2CC2)c1. The molecule has 34 heavy (non-hydrogen) atoms. The fourth-order valence-electron chi connectivity index (χ4n) is 5.22. The van der Waals surface area contributed by atoms with Gasteiger partial charge in [0.25, 0.3) is 5.91 Å². The highest BCUT2D eigenvalue weighted by Crippen LogP contribution is 2.48. The Hall–Kier alpha value is -2.90. The second-order valence-corrected chi connectivity index (χ2v) is 9.33. The van der Waals surface area contributed by atoms with Gasteiger partial charge in [0, 0.05) is 31.2 Å². The average molecular weight is 464 g/mol. The summed E-state index contributed by atoms with van der Waals surface area (Å²) in [5.74, 6) is 0.247. The summed E-state index contributed by atoms with van der Waals surface area (Å²) in [6.07, 6.45) is 2.83. The van der Waals surface area contributed by atoms with E-state index in [0.29, 0.717) is 12.1 Å². The highest BCUT2D eigenvalue weighted by Gasteiger charge is 2.49. The first-order valence-electron chi connectivity index (χ1n) is 12.3. The quantitative estimate of drug-likeness (QED) is 0.610. The first-order valence-corrected chi connectivity index (χ1v) is 12.3. The third-order valence-corrected chi connectivity index (χ3v) is 7.09. The summed E-state index contributed by atoms with van der Waals surface area (Å²) in [6, 6.07) is 15.2. The van der Waals surface area contributed by atoms with Crippen LogP contribution >= 0.6 is 0 Å². The van der Waals surface area contributed by atoms with Crippen LogP contribution in [-0.2, 0) is 9.53 Å². The van der Waals surface area contributed by atoms with Gasteiger partial charge in [-0.15, -0.1) is 0 Å². The number of benzene rings is 2. The number of fused-ring (bicyclic) bond motifs is 1. The lowest BCUT2D eigenvalue weighted by Crippen LogP contribution is -2.48. The van der Waals surface area contributed by atoms with Gasteiger partial charge in [0.15, 0.2) is 0 Å². The average Bonchev–Trinajstić information content (AvgIpc) is 3.72. The maximum Gasteiger partial charge on any atom is 0.254 e. The Morgan fingerprint density at radius 1 is 1.12 bits per heavy atom. The molecule has 0 bridgehead atoms. The zero-order valence-corrected chi connectivity index (χ0v) is 19.7. The molecular formula is C27H33N3O4. The van der Waals surface area contributed by atoms with Crippen LogP contribution in [0.5, 0.6) is 5.75 Å². The van der Waals surface area contributed by atoms with E-state index in [9.17, 15) is 9.59 Å². The number of methoxy groups -OCH3 is 1. The van der Waals surface area contributed by atoms with Crippen LogP contribution in [0.2, 0.25) is 0 Å². The third kappa shape index (κ3) is 4.68. The molecule has 2 aromatic rings. The molecule has 1 saturated carbocycles. The van der Waals surface area contributed by atoms with Crippen molar-refractivity contribution in [3.63, 3.8) is 0 Å². The molecule has 2 atom stereocenters. The molecule has 180 valence electrons. The largest absolute Gasteiger partial charge is 0.497 e. The lowest BCUT2D eigenvalue weighted by Gasteiger charge is -2.42. The van der Waals surface area contributed by atoms with Crippen LogP contribution in [0.1, 0.15) is 52.7 Å². The van der Waals surface area contributed by atoms with Crippen molar-refractivity contribution in [2.45, 2.75) is 37.3 Å². The predicted molar refractivity (Wildman–Crippen MR) is 129 cm³/mol. The van der Waals surface area contributed by atoms with Crippen molar-refractivity contribution in [1.29, 1.82) is 0 Å². The molecule has 2 fully saturated rings. The van der Waals surface area contributed by atoms with Gasteiger partial charge in [-0.25, -0.2) is 0 Å². The minimum Gasteiger partial charge on any atom is -0.497 e. The minimum atomic E-state index is -0.468. The Labute approximate surface area is 201 Å². The molecule has 3 aliphatic rings. The lowest BCUT2D eigenvalue weighted by molar-refractivity contribution is -0.124. The van der Waals surface area contributed by atoms with Gasteiger partial charge < -0.3 is 19.7 Å². The first kappa shape index (κ1) is 22.9. The van der Waals surface area contributed by atoms with Crippen molar-refractivity contribution >= 4 is 11.8 Å². The molecule has 0 unspecified atom stereocenters. The monoisotopic (exact) mass is 463 g/mol. The van der Waals surface area contributed by atoms with Crippen LogP contribution in [0.3, 0.4) is 0 Å². The third-order valence-electron chi connectivity index (χ3n) is 7.09. The van der Waals surface area contributed by atoms with E-state index >= 15 is 0 Å². The van der Waals surface area contributed by atoms with Crippen LogP contribution in [0.15, 0.2) is 48.5 Å². The first-order chi connectivity index (χ1) is 16.7. The number of morpholine rings is 1. The normalized spacial score (nSPS) is 22.9. The molecule has 1 aliphatic carbocycles. The van der Waals surface area contributed by atoms with Crippen LogP contribution in [0.25, 0.3) is 0 Å². The highest BCUT2D eigenvalue weighted by atomic mass is 16.5. The minimum absolute atomic E-state index is 0.0160. The number of hydrogen-bond acceptors (Lipinski definition) is 5. The van der Waals surface area contributed by atoms with E-state index in [0.717, 1.165) is 69.0 Å². The molecule has 7 heteroatoms. The topological polar surface area (TPSA) is 71.1 Å². The number of amides is 2. The summed E-state index contributed by atoms with van der Waals surface area (Å²) >= 11 is 0. The zero-order valence-electron chi connectivity index (χ0n) is 19.7. The van der Waals surface area contributed by atoms with Crippen LogP contribution < -0.4 is 10.1 Å². The van der Waals surface area contributed by atoms with Crippen LogP contribution in [0.4, 0.5) is 0 Å². The molecule has 7 nitrogen and oxygen atoms in total. The smallest absolute Gasteiger partial charge is 0.254 e. The van der Waals surface area contributed by atoms with Crippen molar-refractivity contribution in [1.82, 2.24) is 15.1 Å². The number of carbonyl (C=O) groups is 2. The summed E-state index contributed by atoms with van der Waals surface area (Å²) in [4.78, 5) is 31.6. The van der Waals surface area contributed by atoms with Gasteiger partial charge in [0.2, 0.25) is 5.91 Å². The summed E-state index contributed by atoms with van der Waals surface area (Å²) < 4.78 is 10.9. The van der Waals surface area contributed by atoms with Crippen molar-refractivity contribution in [2.75, 3.05) is 46.5 Å². The Morgan fingerprint density at radius 3 is 2.68 bits per heavy atom. The number of rotatable bonds is 8. The maximum absolute atomic E-state index is 13.7. The molecule has 2 heterocycles. The fraction of sp³-hybridized carbons (Fsp3) is 0.481. The van der Waals surface area contributed by atoms with E-state index in [1.54, 1.807) is 7.11 Å². The maximum atomic E-state index is 13.7. The lowest BCUT2D eigenvalue weighted by atomic mass is 9.79. The standard InChI is InChI=1S/C27H33N3O4/c1-33-21-7-4-6-19(18-21)25-24(26(31)28-12-5-13-29-14-16-34-17-15-29)22-8-2-3-9-23(22)27(32)30(25)20-10-11-20/h2-4,6-9,18,20,24-25H,5,10-17H2,1H3,(H,28,31)/t24-,25+/m1/s1. The number of hydrogen-bond donors (Lipinski definition) is 1. The molecule has 0 aromatic heterocycles. The Kier molecular flexibility index (Phi) is 6.83. The summed E-state index contributed by atoms with van der Waals surface area (Å²) in [7, 11) is 1.64. The predicted octanol–water partition coefficient (Wildman–Crippen LogP) is 2.98. The summed E-state index contributed by atoms with van der Waals surface area (Å²) in [5.41, 5.74) is 2.38. The molecule has 1 N–H and O–H groups in total. The van der Waals surface area contributed by atoms with Gasteiger partial charge in [-0.05, 0) is 55.1 Å². The van der Waals surface area contributed by atoms with Gasteiger partial charge in [0.05, 0.1) is 32.3 Å². The molecule has 0 spiro atoms. The highest BCUT2D eigenvalue weighted by molar-refractivity contribution is 6.01. The zero-order chi connectivity index (χ0) is 23.5. The van der Waals surface area contributed by atoms with Gasteiger partial charge in [-0.2, -0.15) is 0 Å². The summed E-state index contributed by atoms with van der Waals surface area (Å²) in [6.45, 7) is 4.99. The fourth-order valence-corrected chi connectivity index (χ4v) is 5.22. The van der Waals surface area contributed by atoms with Gasteiger partial charge in [-0.1, -0.05) is 30.3 Å². The van der Waals surface area contributed by atoms with E-state index in [2.05, 4.69) is 10.2 Å². The van der Waals surface area contributed by atoms with Crippen molar-refractivity contribution in [2.24, 2.45) is 0 Å². The van der Waals surface area contributed by atoms with E-state index < -0.39 is 5.92 Å². The van der Waals surface area contributed by atoms with Crippen LogP contribution in [0, 0.1) is 0 Å². The van der Waals surface area contributed by atoms with Crippen molar-refractivity contribution in [3.05, 3.63) is 65.2 Å². The second kappa shape index (κ2) is 10.2. The molecular weight excluding hydrogens is 430 g/mol. The van der Waals surface area contributed by atoms with Crippen molar-refractivity contribution in [3.8, 4) is 5.75 Å². The van der Waals surface area contributed by atoms with Gasteiger partial charge in [-0.3, -0.25) is 14.5 Å². The van der Waals surface area contributed by atoms with E-state index in [1.807, 2.05) is 53.4 Å². The van der Waals surface area contributed by atoms with Crippen molar-refractivity contribution < 1.29 is 19.1 Å². The summed E-state index contributed by atoms with van der Waals surface area (Å²) in [5, 5.41) is 3.19. The van der Waals surface area contributed by atoms with Crippen LogP contribution in [-0.4, -0.2) is 74.2 Å². The molecule has 2 aliphatic heterocycles. The van der Waals surface area contributed by atoms with E-state index in [1.165, 1.54) is 0 Å². The second-order valence-electron chi connectivity index (χ2n) is 9.33. The van der Waals surface area contributed by atoms with E-state index in [-0.39, 0.29) is 23.9 Å². The Balaban J connectivity index is 1.42. The number of nitrogens with one attached hydrogen (secondary N) is 1. The molecule has 2 amide bonds. The van der Waals surface area contributed by atoms with Gasteiger partial charge in [0.1, 0.15) is 5.75 Å². The molecule has 1 saturated heterocycles. The molecule has 5 rings (SSSR count). The van der Waals surface area contributed by atoms with E-state index in [4.69, 9.17) is 9.47 Å². The number of carbonyl (C=O) groups excluding carboxylic acids is 2. The molecule has 0 radical (unpaired) electrons. The number of ether oxygens (including phenoxy) is 2. The number of nitrogens with zero attached hydrogens (tertiary/aromatic N) is 2.